The Morgan fingerprint density at radius 1 is 1.09 bits per heavy atom. The fourth-order valence-electron chi connectivity index (χ4n) is 6.21. The number of carbonyl (C=O) groups excluding carboxylic acids is 1. The highest BCUT2D eigenvalue weighted by Crippen LogP contribution is 2.35. The molecule has 1 aromatic carbocycles. The number of piperidine rings is 1. The molecule has 4 aromatic rings. The molecule has 11 nitrogen and oxygen atoms in total. The number of fused-ring (bicyclic) bond motifs is 1. The number of aliphatic hydroxyl groups is 1. The number of hydrogen-bond donors (Lipinski definition) is 3. The zero-order valence-corrected chi connectivity index (χ0v) is 24.2. The van der Waals surface area contributed by atoms with Crippen LogP contribution in [0.15, 0.2) is 37.1 Å². The fourth-order valence-corrected chi connectivity index (χ4v) is 6.21. The first kappa shape index (κ1) is 30.6. The molecule has 0 bridgehead atoms. The van der Waals surface area contributed by atoms with Gasteiger partial charge in [-0.15, -0.1) is 0 Å². The van der Waals surface area contributed by atoms with Gasteiger partial charge in [0, 0.05) is 24.7 Å². The molecule has 1 saturated heterocycles. The molecule has 2 atom stereocenters. The van der Waals surface area contributed by atoms with Crippen molar-refractivity contribution in [2.45, 2.75) is 63.1 Å². The maximum absolute atomic E-state index is 15.5. The molecular formula is C30H32F4N8O3. The third-order valence-corrected chi connectivity index (χ3v) is 8.66. The lowest BCUT2D eigenvalue weighted by molar-refractivity contribution is -0.138. The van der Waals surface area contributed by atoms with Gasteiger partial charge < -0.3 is 30.8 Å². The highest BCUT2D eigenvalue weighted by atomic mass is 19.3. The lowest BCUT2D eigenvalue weighted by Crippen LogP contribution is -2.63. The Balaban J connectivity index is 1.37. The van der Waals surface area contributed by atoms with E-state index in [1.807, 2.05) is 0 Å². The van der Waals surface area contributed by atoms with Crippen molar-refractivity contribution in [2.75, 3.05) is 23.7 Å². The van der Waals surface area contributed by atoms with Gasteiger partial charge in [-0.2, -0.15) is 0 Å². The topological polar surface area (TPSA) is 158 Å². The Morgan fingerprint density at radius 2 is 1.87 bits per heavy atom. The monoisotopic (exact) mass is 628 g/mol. The predicted molar refractivity (Wildman–Crippen MR) is 156 cm³/mol. The molecule has 0 radical (unpaired) electrons. The summed E-state index contributed by atoms with van der Waals surface area (Å²) in [5.74, 6) is -3.04. The number of hydrogen-bond acceptors (Lipinski definition) is 10. The highest BCUT2D eigenvalue weighted by molar-refractivity contribution is 5.81. The summed E-state index contributed by atoms with van der Waals surface area (Å²) in [6, 6.07) is 3.29. The van der Waals surface area contributed by atoms with Gasteiger partial charge in [-0.3, -0.25) is 9.78 Å². The number of aliphatic hydroxyl groups excluding tert-OH is 1. The summed E-state index contributed by atoms with van der Waals surface area (Å²) in [5, 5.41) is 10.2. The lowest BCUT2D eigenvalue weighted by Gasteiger charge is -2.44. The number of alkyl halides is 2. The largest absolute Gasteiger partial charge is 0.423 e. The molecule has 0 unspecified atom stereocenters. The number of nitrogens with zero attached hydrogens (tertiary/aromatic N) is 6. The van der Waals surface area contributed by atoms with Gasteiger partial charge in [0.05, 0.1) is 41.9 Å². The second-order valence-corrected chi connectivity index (χ2v) is 11.7. The van der Waals surface area contributed by atoms with Crippen molar-refractivity contribution in [3.05, 3.63) is 54.2 Å². The molecule has 238 valence electrons. The molecule has 2 fully saturated rings. The van der Waals surface area contributed by atoms with Gasteiger partial charge in [0.15, 0.2) is 23.0 Å². The zero-order valence-electron chi connectivity index (χ0n) is 24.2. The van der Waals surface area contributed by atoms with Crippen molar-refractivity contribution in [3.63, 3.8) is 0 Å². The SMILES string of the molecule is Nc1ncnc2c1ncn2Cc1cc(-c2cc(F)c(OC(=O)C3CCCC3)cc2F)ncc1N1CCC[C@](N)([C@H](O)C(F)F)C1. The lowest BCUT2D eigenvalue weighted by atomic mass is 9.84. The maximum Gasteiger partial charge on any atom is 0.314 e. The van der Waals surface area contributed by atoms with E-state index in [0.717, 1.165) is 25.0 Å². The van der Waals surface area contributed by atoms with Crippen molar-refractivity contribution in [3.8, 4) is 17.0 Å². The number of rotatable bonds is 8. The summed E-state index contributed by atoms with van der Waals surface area (Å²) in [7, 11) is 0. The Morgan fingerprint density at radius 3 is 2.62 bits per heavy atom. The first-order chi connectivity index (χ1) is 21.5. The van der Waals surface area contributed by atoms with Gasteiger partial charge in [-0.1, -0.05) is 12.8 Å². The molecular weight excluding hydrogens is 596 g/mol. The van der Waals surface area contributed by atoms with Crippen molar-refractivity contribution >= 4 is 28.6 Å². The first-order valence-corrected chi connectivity index (χ1v) is 14.7. The second kappa shape index (κ2) is 12.2. The summed E-state index contributed by atoms with van der Waals surface area (Å²) in [5.41, 5.74) is 12.3. The quantitative estimate of drug-likeness (QED) is 0.149. The molecule has 0 spiro atoms. The number of benzene rings is 1. The Labute approximate surface area is 255 Å². The first-order valence-electron chi connectivity index (χ1n) is 14.7. The van der Waals surface area contributed by atoms with E-state index in [1.54, 1.807) is 15.5 Å². The van der Waals surface area contributed by atoms with Gasteiger partial charge in [0.1, 0.15) is 23.8 Å². The van der Waals surface area contributed by atoms with E-state index in [9.17, 15) is 18.7 Å². The van der Waals surface area contributed by atoms with E-state index >= 15 is 8.78 Å². The van der Waals surface area contributed by atoms with Crippen LogP contribution in [-0.2, 0) is 11.3 Å². The molecule has 3 aromatic heterocycles. The minimum absolute atomic E-state index is 0.0704. The number of ether oxygens (including phenoxy) is 1. The molecule has 6 rings (SSSR count). The zero-order chi connectivity index (χ0) is 31.9. The number of anilines is 2. The summed E-state index contributed by atoms with van der Waals surface area (Å²) in [6.07, 6.45) is 2.78. The highest BCUT2D eigenvalue weighted by Gasteiger charge is 2.43. The Kier molecular flexibility index (Phi) is 8.31. The average molecular weight is 629 g/mol. The van der Waals surface area contributed by atoms with Crippen LogP contribution < -0.4 is 21.1 Å². The van der Waals surface area contributed by atoms with Crippen molar-refractivity contribution in [1.82, 2.24) is 24.5 Å². The van der Waals surface area contributed by atoms with Gasteiger partial charge in [-0.05, 0) is 43.4 Å². The number of nitrogens with two attached hydrogens (primary N) is 2. The van der Waals surface area contributed by atoms with Gasteiger partial charge in [0.2, 0.25) is 0 Å². The van der Waals surface area contributed by atoms with Gasteiger partial charge in [0.25, 0.3) is 6.43 Å². The summed E-state index contributed by atoms with van der Waals surface area (Å²) in [6.45, 7) is 0.424. The summed E-state index contributed by atoms with van der Waals surface area (Å²) >= 11 is 0. The van der Waals surface area contributed by atoms with Crippen LogP contribution in [0, 0.1) is 17.6 Å². The minimum Gasteiger partial charge on any atom is -0.423 e. The van der Waals surface area contributed by atoms with E-state index in [0.29, 0.717) is 48.2 Å². The Bertz CT molecular complexity index is 1730. The molecule has 45 heavy (non-hydrogen) atoms. The third-order valence-electron chi connectivity index (χ3n) is 8.66. The third kappa shape index (κ3) is 6.01. The number of imidazole rings is 1. The standard InChI is InChI=1S/C30H32F4N8O3/c31-19-10-23(45-29(44)16-4-1-2-5-16)20(32)9-18(19)21-8-17(12-42-15-40-24-27(35)38-14-39-28(24)42)22(11-37-21)41-7-3-6-30(36,13-41)25(43)26(33)34/h8-11,14-16,25-26,43H,1-7,12-13,36H2,(H2,35,38,39)/t25-,30-/m1/s1. The molecule has 5 N–H and O–H groups in total. The molecule has 1 aliphatic carbocycles. The van der Waals surface area contributed by atoms with E-state index < -0.39 is 41.4 Å². The summed E-state index contributed by atoms with van der Waals surface area (Å²) in [4.78, 5) is 31.1. The van der Waals surface area contributed by atoms with Crippen LogP contribution in [0.3, 0.4) is 0 Å². The number of nitrogen functional groups attached to an aromatic ring is 1. The van der Waals surface area contributed by atoms with Crippen LogP contribution in [0.2, 0.25) is 0 Å². The van der Waals surface area contributed by atoms with Crippen molar-refractivity contribution < 1.29 is 32.2 Å². The van der Waals surface area contributed by atoms with Crippen LogP contribution in [0.5, 0.6) is 5.75 Å². The van der Waals surface area contributed by atoms with Crippen LogP contribution >= 0.6 is 0 Å². The predicted octanol–water partition coefficient (Wildman–Crippen LogP) is 3.82. The number of esters is 1. The second-order valence-electron chi connectivity index (χ2n) is 11.7. The van der Waals surface area contributed by atoms with Crippen LogP contribution in [0.4, 0.5) is 29.1 Å². The van der Waals surface area contributed by atoms with E-state index in [4.69, 9.17) is 16.2 Å². The normalized spacial score (nSPS) is 19.8. The number of halogens is 4. The molecule has 0 amide bonds. The van der Waals surface area contributed by atoms with E-state index in [2.05, 4.69) is 19.9 Å². The molecule has 1 aliphatic heterocycles. The molecule has 15 heteroatoms. The van der Waals surface area contributed by atoms with Crippen molar-refractivity contribution in [1.29, 1.82) is 0 Å². The van der Waals surface area contributed by atoms with Crippen LogP contribution in [-0.4, -0.2) is 66.7 Å². The fraction of sp³-hybridized carbons (Fsp3) is 0.433. The van der Waals surface area contributed by atoms with Gasteiger partial charge >= 0.3 is 5.97 Å². The van der Waals surface area contributed by atoms with E-state index in [1.165, 1.54) is 18.9 Å². The number of pyridine rings is 1. The Hall–Kier alpha value is -4.37. The van der Waals surface area contributed by atoms with Crippen LogP contribution in [0.1, 0.15) is 44.1 Å². The summed E-state index contributed by atoms with van der Waals surface area (Å²) < 4.78 is 64.5. The number of aromatic nitrogens is 5. The minimum atomic E-state index is -3.03. The molecule has 4 heterocycles. The molecule has 1 saturated carbocycles. The van der Waals surface area contributed by atoms with Gasteiger partial charge in [-0.25, -0.2) is 32.5 Å². The maximum atomic E-state index is 15.5. The molecule has 2 aliphatic rings. The van der Waals surface area contributed by atoms with Crippen LogP contribution in [0.25, 0.3) is 22.4 Å². The van der Waals surface area contributed by atoms with Crippen molar-refractivity contribution in [2.24, 2.45) is 11.7 Å². The smallest absolute Gasteiger partial charge is 0.314 e. The average Bonchev–Trinajstić information content (AvgIpc) is 3.70. The number of carbonyl (C=O) groups is 1. The van der Waals surface area contributed by atoms with E-state index in [-0.39, 0.29) is 42.5 Å².